The standard InChI is InChI=1S/C21H27ClN4O2/c1-21(2,3)28-20(27)26-11-8-17(9-12-26)24-14-15-5-4-6-16(13-15)18-7-10-23-19(22)25-18/h4-7,10,13,17,24H,8-9,11-12,14H2,1-3H3. The van der Waals surface area contributed by atoms with Crippen LogP contribution in [0.15, 0.2) is 36.5 Å². The van der Waals surface area contributed by atoms with Crippen molar-refractivity contribution in [3.05, 3.63) is 47.4 Å². The van der Waals surface area contributed by atoms with E-state index in [0.717, 1.165) is 30.6 Å². The van der Waals surface area contributed by atoms with Gasteiger partial charge in [-0.1, -0.05) is 18.2 Å². The molecule has 28 heavy (non-hydrogen) atoms. The third-order valence-electron chi connectivity index (χ3n) is 4.59. The lowest BCUT2D eigenvalue weighted by Gasteiger charge is -2.33. The predicted molar refractivity (Wildman–Crippen MR) is 110 cm³/mol. The fourth-order valence-electron chi connectivity index (χ4n) is 3.19. The summed E-state index contributed by atoms with van der Waals surface area (Å²) in [5, 5.41) is 3.85. The number of nitrogens with zero attached hydrogens (tertiary/aromatic N) is 3. The van der Waals surface area contributed by atoms with Gasteiger partial charge >= 0.3 is 6.09 Å². The Balaban J connectivity index is 1.51. The molecule has 150 valence electrons. The van der Waals surface area contributed by atoms with Gasteiger partial charge in [0.1, 0.15) is 5.60 Å². The van der Waals surface area contributed by atoms with Crippen molar-refractivity contribution in [3.8, 4) is 11.3 Å². The molecule has 7 heteroatoms. The molecule has 0 saturated carbocycles. The molecule has 0 bridgehead atoms. The first kappa shape index (κ1) is 20.6. The van der Waals surface area contributed by atoms with E-state index in [2.05, 4.69) is 27.4 Å². The van der Waals surface area contributed by atoms with Crippen LogP contribution in [0, 0.1) is 0 Å². The molecule has 0 radical (unpaired) electrons. The van der Waals surface area contributed by atoms with Crippen molar-refractivity contribution in [2.75, 3.05) is 13.1 Å². The maximum absolute atomic E-state index is 12.2. The van der Waals surface area contributed by atoms with Crippen molar-refractivity contribution < 1.29 is 9.53 Å². The molecule has 3 rings (SSSR count). The number of rotatable bonds is 4. The van der Waals surface area contributed by atoms with E-state index in [4.69, 9.17) is 16.3 Å². The Bertz CT molecular complexity index is 814. The summed E-state index contributed by atoms with van der Waals surface area (Å²) in [6.45, 7) is 7.87. The molecule has 1 aliphatic rings. The average Bonchev–Trinajstić information content (AvgIpc) is 2.66. The van der Waals surface area contributed by atoms with Gasteiger partial charge in [-0.3, -0.25) is 0 Å². The summed E-state index contributed by atoms with van der Waals surface area (Å²) in [5.74, 6) is 0. The van der Waals surface area contributed by atoms with Crippen LogP contribution in [0.5, 0.6) is 0 Å². The van der Waals surface area contributed by atoms with E-state index in [0.29, 0.717) is 19.1 Å². The van der Waals surface area contributed by atoms with Crippen LogP contribution >= 0.6 is 11.6 Å². The van der Waals surface area contributed by atoms with Gasteiger partial charge in [0, 0.05) is 37.4 Å². The Kier molecular flexibility index (Phi) is 6.52. The van der Waals surface area contributed by atoms with Crippen LogP contribution in [0.2, 0.25) is 5.28 Å². The second-order valence-corrected chi connectivity index (χ2v) is 8.37. The Morgan fingerprint density at radius 3 is 2.71 bits per heavy atom. The first-order valence-corrected chi connectivity index (χ1v) is 9.97. The molecular formula is C21H27ClN4O2. The van der Waals surface area contributed by atoms with E-state index >= 15 is 0 Å². The Hall–Kier alpha value is -2.18. The lowest BCUT2D eigenvalue weighted by Crippen LogP contribution is -2.46. The van der Waals surface area contributed by atoms with Gasteiger partial charge in [-0.15, -0.1) is 0 Å². The van der Waals surface area contributed by atoms with E-state index in [-0.39, 0.29) is 11.4 Å². The summed E-state index contributed by atoms with van der Waals surface area (Å²) in [5.41, 5.74) is 2.56. The van der Waals surface area contributed by atoms with Crippen molar-refractivity contribution in [2.45, 2.75) is 51.8 Å². The Morgan fingerprint density at radius 1 is 1.29 bits per heavy atom. The zero-order valence-electron chi connectivity index (χ0n) is 16.6. The maximum Gasteiger partial charge on any atom is 0.410 e. The molecule has 2 heterocycles. The van der Waals surface area contributed by atoms with Gasteiger partial charge in [-0.25, -0.2) is 14.8 Å². The molecule has 1 aromatic heterocycles. The summed E-state index contributed by atoms with van der Waals surface area (Å²) in [6.07, 6.45) is 3.27. The summed E-state index contributed by atoms with van der Waals surface area (Å²) < 4.78 is 5.45. The summed E-state index contributed by atoms with van der Waals surface area (Å²) in [7, 11) is 0. The van der Waals surface area contributed by atoms with Crippen molar-refractivity contribution in [1.82, 2.24) is 20.2 Å². The average molecular weight is 403 g/mol. The van der Waals surface area contributed by atoms with Crippen LogP contribution in [-0.4, -0.2) is 45.7 Å². The number of aromatic nitrogens is 2. The van der Waals surface area contributed by atoms with E-state index in [1.165, 1.54) is 5.56 Å². The number of halogens is 1. The largest absolute Gasteiger partial charge is 0.444 e. The molecule has 0 spiro atoms. The number of nitrogens with one attached hydrogen (secondary N) is 1. The van der Waals surface area contributed by atoms with Crippen LogP contribution in [0.25, 0.3) is 11.3 Å². The molecule has 0 unspecified atom stereocenters. The number of piperidine rings is 1. The Morgan fingerprint density at radius 2 is 2.04 bits per heavy atom. The lowest BCUT2D eigenvalue weighted by molar-refractivity contribution is 0.0198. The molecule has 1 aromatic carbocycles. The zero-order chi connectivity index (χ0) is 20.1. The first-order chi connectivity index (χ1) is 13.3. The second kappa shape index (κ2) is 8.88. The van der Waals surface area contributed by atoms with Gasteiger partial charge in [0.25, 0.3) is 0 Å². The molecule has 6 nitrogen and oxygen atoms in total. The minimum atomic E-state index is -0.453. The highest BCUT2D eigenvalue weighted by atomic mass is 35.5. The molecule has 2 aromatic rings. The molecule has 1 N–H and O–H groups in total. The third-order valence-corrected chi connectivity index (χ3v) is 4.77. The molecule has 1 aliphatic heterocycles. The van der Waals surface area contributed by atoms with Crippen LogP contribution < -0.4 is 5.32 Å². The van der Waals surface area contributed by atoms with Crippen LogP contribution in [0.3, 0.4) is 0 Å². The van der Waals surface area contributed by atoms with Crippen molar-refractivity contribution in [3.63, 3.8) is 0 Å². The monoisotopic (exact) mass is 402 g/mol. The predicted octanol–water partition coefficient (Wildman–Crippen LogP) is 4.29. The van der Waals surface area contributed by atoms with Crippen LogP contribution in [0.1, 0.15) is 39.2 Å². The van der Waals surface area contributed by atoms with Crippen molar-refractivity contribution >= 4 is 17.7 Å². The van der Waals surface area contributed by atoms with Gasteiger partial charge in [0.15, 0.2) is 0 Å². The molecular weight excluding hydrogens is 376 g/mol. The highest BCUT2D eigenvalue weighted by Crippen LogP contribution is 2.20. The SMILES string of the molecule is CC(C)(C)OC(=O)N1CCC(NCc2cccc(-c3ccnc(Cl)n3)c2)CC1. The molecule has 1 amide bonds. The van der Waals surface area contributed by atoms with E-state index in [9.17, 15) is 4.79 Å². The van der Waals surface area contributed by atoms with E-state index < -0.39 is 5.60 Å². The normalized spacial score (nSPS) is 15.5. The number of likely N-dealkylation sites (tertiary alicyclic amines) is 1. The van der Waals surface area contributed by atoms with Crippen molar-refractivity contribution in [1.29, 1.82) is 0 Å². The number of carbonyl (C=O) groups is 1. The second-order valence-electron chi connectivity index (χ2n) is 8.03. The van der Waals surface area contributed by atoms with E-state index in [1.807, 2.05) is 39.0 Å². The summed E-state index contributed by atoms with van der Waals surface area (Å²) in [6, 6.07) is 10.5. The van der Waals surface area contributed by atoms with Gasteiger partial charge in [0.05, 0.1) is 5.69 Å². The Labute approximate surface area is 171 Å². The van der Waals surface area contributed by atoms with Gasteiger partial charge in [-0.2, -0.15) is 0 Å². The number of carbonyl (C=O) groups excluding carboxylic acids is 1. The van der Waals surface area contributed by atoms with Gasteiger partial charge < -0.3 is 15.0 Å². The number of ether oxygens (including phenoxy) is 1. The van der Waals surface area contributed by atoms with Crippen LogP contribution in [-0.2, 0) is 11.3 Å². The van der Waals surface area contributed by atoms with Crippen LogP contribution in [0.4, 0.5) is 4.79 Å². The summed E-state index contributed by atoms with van der Waals surface area (Å²) in [4.78, 5) is 22.2. The molecule has 0 atom stereocenters. The van der Waals surface area contributed by atoms with Gasteiger partial charge in [-0.05, 0) is 62.9 Å². The highest BCUT2D eigenvalue weighted by Gasteiger charge is 2.26. The lowest BCUT2D eigenvalue weighted by atomic mass is 10.0. The fourth-order valence-corrected chi connectivity index (χ4v) is 3.34. The number of amides is 1. The minimum Gasteiger partial charge on any atom is -0.444 e. The number of hydrogen-bond acceptors (Lipinski definition) is 5. The quantitative estimate of drug-likeness (QED) is 0.773. The minimum absolute atomic E-state index is 0.220. The summed E-state index contributed by atoms with van der Waals surface area (Å²) >= 11 is 5.90. The van der Waals surface area contributed by atoms with Crippen molar-refractivity contribution in [2.24, 2.45) is 0 Å². The third kappa shape index (κ3) is 5.91. The first-order valence-electron chi connectivity index (χ1n) is 9.59. The maximum atomic E-state index is 12.2. The fraction of sp³-hybridized carbons (Fsp3) is 0.476. The number of benzene rings is 1. The van der Waals surface area contributed by atoms with Gasteiger partial charge in [0.2, 0.25) is 5.28 Å². The zero-order valence-corrected chi connectivity index (χ0v) is 17.4. The molecule has 0 aliphatic carbocycles. The molecule has 1 saturated heterocycles. The highest BCUT2D eigenvalue weighted by molar-refractivity contribution is 6.28. The molecule has 1 fully saturated rings. The topological polar surface area (TPSA) is 67.3 Å². The number of hydrogen-bond donors (Lipinski definition) is 1. The smallest absolute Gasteiger partial charge is 0.410 e. The van der Waals surface area contributed by atoms with E-state index in [1.54, 1.807) is 11.1 Å².